The molecule has 2 aliphatic rings. The second-order valence-corrected chi connectivity index (χ2v) is 7.16. The number of ether oxygens (including phenoxy) is 1. The van der Waals surface area contributed by atoms with E-state index in [2.05, 4.69) is 24.4 Å². The van der Waals surface area contributed by atoms with Crippen LogP contribution in [0.5, 0.6) is 5.75 Å². The quantitative estimate of drug-likeness (QED) is 0.870. The molecule has 2 fully saturated rings. The average molecular weight is 391 g/mol. The van der Waals surface area contributed by atoms with Crippen LogP contribution in [0.3, 0.4) is 0 Å². The van der Waals surface area contributed by atoms with Gasteiger partial charge in [-0.1, -0.05) is 30.3 Å². The Hall–Kier alpha value is -2.11. The number of hydrogen-bond acceptors (Lipinski definition) is 3. The molecule has 27 heavy (non-hydrogen) atoms. The van der Waals surface area contributed by atoms with Crippen molar-refractivity contribution in [2.24, 2.45) is 11.8 Å². The molecule has 0 spiro atoms. The van der Waals surface area contributed by atoms with Crippen LogP contribution in [-0.2, 0) is 0 Å². The van der Waals surface area contributed by atoms with Crippen LogP contribution in [0.15, 0.2) is 42.5 Å². The van der Waals surface area contributed by atoms with Crippen LogP contribution >= 0.6 is 12.4 Å². The first-order valence-corrected chi connectivity index (χ1v) is 9.01. The van der Waals surface area contributed by atoms with Gasteiger partial charge in [0, 0.05) is 25.6 Å². The lowest BCUT2D eigenvalue weighted by molar-refractivity contribution is 0.0709. The maximum absolute atomic E-state index is 14.1. The number of fused-ring (bicyclic) bond motifs is 1. The molecule has 2 heterocycles. The van der Waals surface area contributed by atoms with Gasteiger partial charge in [-0.15, -0.1) is 12.4 Å². The summed E-state index contributed by atoms with van der Waals surface area (Å²) in [5.74, 6) is 0.148. The predicted octanol–water partition coefficient (Wildman–Crippen LogP) is 3.60. The third-order valence-electron chi connectivity index (χ3n) is 5.73. The molecule has 6 heteroatoms. The molecule has 3 atom stereocenters. The number of hydrogen-bond donors (Lipinski definition) is 1. The van der Waals surface area contributed by atoms with Gasteiger partial charge in [0.05, 0.1) is 18.7 Å². The van der Waals surface area contributed by atoms with E-state index in [9.17, 15) is 9.18 Å². The molecular weight excluding hydrogens is 367 g/mol. The van der Waals surface area contributed by atoms with Gasteiger partial charge in [-0.25, -0.2) is 4.39 Å². The summed E-state index contributed by atoms with van der Waals surface area (Å²) < 4.78 is 19.3. The summed E-state index contributed by atoms with van der Waals surface area (Å²) >= 11 is 0. The number of amides is 1. The summed E-state index contributed by atoms with van der Waals surface area (Å²) in [5.41, 5.74) is 2.64. The van der Waals surface area contributed by atoms with Gasteiger partial charge in [0.2, 0.25) is 0 Å². The van der Waals surface area contributed by atoms with Crippen LogP contribution < -0.4 is 10.1 Å². The van der Waals surface area contributed by atoms with E-state index in [4.69, 9.17) is 4.74 Å². The van der Waals surface area contributed by atoms with E-state index in [-0.39, 0.29) is 30.1 Å². The minimum absolute atomic E-state index is 0. The first kappa shape index (κ1) is 19.6. The van der Waals surface area contributed by atoms with Crippen LogP contribution in [0.4, 0.5) is 4.39 Å². The highest BCUT2D eigenvalue weighted by Crippen LogP contribution is 2.44. The van der Waals surface area contributed by atoms with E-state index in [1.807, 2.05) is 17.0 Å². The molecule has 2 aliphatic heterocycles. The predicted molar refractivity (Wildman–Crippen MR) is 105 cm³/mol. The molecule has 0 aromatic heterocycles. The highest BCUT2D eigenvalue weighted by Gasteiger charge is 2.47. The SMILES string of the molecule is COc1c(F)cccc1C(=O)N1C[C@@H]2CNC[C@@H]2[C@@H]1c1ccccc1C.Cl. The number of benzene rings is 2. The Balaban J connectivity index is 0.00000210. The number of carbonyl (C=O) groups excluding carboxylic acids is 1. The standard InChI is InChI=1S/C21H23FN2O2.ClH/c1-13-6-3-4-7-15(13)19-17-11-23-10-14(17)12-24(19)21(25)16-8-5-9-18(22)20(16)26-2;/h3-9,14,17,19,23H,10-12H2,1-2H3;1H/t14-,17-,19-;/m0./s1. The van der Waals surface area contributed by atoms with Crippen molar-refractivity contribution in [1.29, 1.82) is 0 Å². The van der Waals surface area contributed by atoms with Crippen molar-refractivity contribution in [3.8, 4) is 5.75 Å². The van der Waals surface area contributed by atoms with Gasteiger partial charge in [-0.3, -0.25) is 4.79 Å². The minimum Gasteiger partial charge on any atom is -0.493 e. The van der Waals surface area contributed by atoms with Crippen molar-refractivity contribution in [3.05, 3.63) is 65.0 Å². The van der Waals surface area contributed by atoms with E-state index in [0.717, 1.165) is 13.1 Å². The Morgan fingerprint density at radius 2 is 1.96 bits per heavy atom. The highest BCUT2D eigenvalue weighted by atomic mass is 35.5. The fraction of sp³-hybridized carbons (Fsp3) is 0.381. The number of methoxy groups -OCH3 is 1. The van der Waals surface area contributed by atoms with Crippen molar-refractivity contribution >= 4 is 18.3 Å². The fourth-order valence-corrected chi connectivity index (χ4v) is 4.49. The monoisotopic (exact) mass is 390 g/mol. The van der Waals surface area contributed by atoms with Crippen LogP contribution in [0.2, 0.25) is 0 Å². The number of carbonyl (C=O) groups is 1. The van der Waals surface area contributed by atoms with Crippen molar-refractivity contribution in [2.45, 2.75) is 13.0 Å². The zero-order valence-corrected chi connectivity index (χ0v) is 16.3. The topological polar surface area (TPSA) is 41.6 Å². The number of halogens is 2. The van der Waals surface area contributed by atoms with E-state index < -0.39 is 5.82 Å². The molecule has 0 unspecified atom stereocenters. The number of rotatable bonds is 3. The van der Waals surface area contributed by atoms with E-state index in [1.165, 1.54) is 24.3 Å². The molecule has 0 radical (unpaired) electrons. The lowest BCUT2D eigenvalue weighted by Gasteiger charge is -2.30. The molecule has 2 aromatic rings. The van der Waals surface area contributed by atoms with Crippen LogP contribution in [-0.4, -0.2) is 37.6 Å². The molecule has 1 amide bonds. The third-order valence-corrected chi connectivity index (χ3v) is 5.73. The second-order valence-electron chi connectivity index (χ2n) is 7.16. The molecule has 2 saturated heterocycles. The maximum Gasteiger partial charge on any atom is 0.258 e. The molecule has 0 saturated carbocycles. The summed E-state index contributed by atoms with van der Waals surface area (Å²) in [6.45, 7) is 4.57. The molecule has 0 aliphatic carbocycles. The second kappa shape index (κ2) is 7.87. The smallest absolute Gasteiger partial charge is 0.258 e. The van der Waals surface area contributed by atoms with Gasteiger partial charge < -0.3 is 15.0 Å². The number of nitrogens with one attached hydrogen (secondary N) is 1. The van der Waals surface area contributed by atoms with Gasteiger partial charge in [-0.05, 0) is 36.1 Å². The molecule has 4 rings (SSSR count). The number of aryl methyl sites for hydroxylation is 1. The third kappa shape index (κ3) is 3.30. The Morgan fingerprint density at radius 3 is 2.70 bits per heavy atom. The summed E-state index contributed by atoms with van der Waals surface area (Å²) in [4.78, 5) is 15.3. The first-order valence-electron chi connectivity index (χ1n) is 9.01. The highest BCUT2D eigenvalue weighted by molar-refractivity contribution is 5.97. The van der Waals surface area contributed by atoms with Crippen LogP contribution in [0, 0.1) is 24.6 Å². The largest absolute Gasteiger partial charge is 0.493 e. The van der Waals surface area contributed by atoms with Crippen molar-refractivity contribution in [3.63, 3.8) is 0 Å². The zero-order chi connectivity index (χ0) is 18.3. The Morgan fingerprint density at radius 1 is 1.19 bits per heavy atom. The molecule has 4 nitrogen and oxygen atoms in total. The van der Waals surface area contributed by atoms with Gasteiger partial charge in [0.1, 0.15) is 0 Å². The number of para-hydroxylation sites is 1. The van der Waals surface area contributed by atoms with E-state index in [0.29, 0.717) is 23.9 Å². The minimum atomic E-state index is -0.508. The van der Waals surface area contributed by atoms with E-state index >= 15 is 0 Å². The van der Waals surface area contributed by atoms with E-state index in [1.54, 1.807) is 12.1 Å². The summed E-state index contributed by atoms with van der Waals surface area (Å²) in [7, 11) is 1.40. The first-order chi connectivity index (χ1) is 12.6. The zero-order valence-electron chi connectivity index (χ0n) is 15.4. The van der Waals surface area contributed by atoms with Gasteiger partial charge in [0.25, 0.3) is 5.91 Å². The summed E-state index contributed by atoms with van der Waals surface area (Å²) in [6.07, 6.45) is 0. The van der Waals surface area contributed by atoms with Crippen LogP contribution in [0.25, 0.3) is 0 Å². The van der Waals surface area contributed by atoms with Crippen molar-refractivity contribution in [1.82, 2.24) is 10.2 Å². The lowest BCUT2D eigenvalue weighted by Crippen LogP contribution is -2.35. The van der Waals surface area contributed by atoms with Gasteiger partial charge >= 0.3 is 0 Å². The van der Waals surface area contributed by atoms with Gasteiger partial charge in [-0.2, -0.15) is 0 Å². The Kier molecular flexibility index (Phi) is 5.72. The Bertz CT molecular complexity index is 845. The van der Waals surface area contributed by atoms with Gasteiger partial charge in [0.15, 0.2) is 11.6 Å². The van der Waals surface area contributed by atoms with Crippen LogP contribution in [0.1, 0.15) is 27.5 Å². The Labute approximate surface area is 165 Å². The lowest BCUT2D eigenvalue weighted by atomic mass is 9.87. The molecule has 0 bridgehead atoms. The number of nitrogens with zero attached hydrogens (tertiary/aromatic N) is 1. The van der Waals surface area contributed by atoms with Crippen molar-refractivity contribution < 1.29 is 13.9 Å². The average Bonchev–Trinajstić information content (AvgIpc) is 3.22. The molecule has 1 N–H and O–H groups in total. The summed E-state index contributed by atoms with van der Waals surface area (Å²) in [6, 6.07) is 12.7. The molecular formula is C21H24ClFN2O2. The normalized spacial score (nSPS) is 23.7. The molecule has 2 aromatic carbocycles. The maximum atomic E-state index is 14.1. The summed E-state index contributed by atoms with van der Waals surface area (Å²) in [5, 5.41) is 3.45. The fourth-order valence-electron chi connectivity index (χ4n) is 4.49. The van der Waals surface area contributed by atoms with Crippen molar-refractivity contribution in [2.75, 3.05) is 26.7 Å². The number of likely N-dealkylation sites (tertiary alicyclic amines) is 1. The molecule has 144 valence electrons.